The van der Waals surface area contributed by atoms with Gasteiger partial charge in [0.1, 0.15) is 31.8 Å². The molecule has 0 fully saturated rings. The smallest absolute Gasteiger partial charge is 0.306 e. The quantitative estimate of drug-likeness (QED) is 0.0322. The summed E-state index contributed by atoms with van der Waals surface area (Å²) in [5.41, 5.74) is -1.42. The highest BCUT2D eigenvalue weighted by atomic mass is 16.6. The van der Waals surface area contributed by atoms with Crippen LogP contribution in [-0.4, -0.2) is 99.5 Å². The Balaban J connectivity index is 5.87. The van der Waals surface area contributed by atoms with Crippen molar-refractivity contribution in [2.75, 3.05) is 52.7 Å². The fraction of sp³-hybridized carbons (Fsp3) is 0.895. The molecule has 0 saturated carbocycles. The van der Waals surface area contributed by atoms with E-state index in [1.54, 1.807) is 0 Å². The second-order valence-corrected chi connectivity index (χ2v) is 20.1. The highest BCUT2D eigenvalue weighted by Crippen LogP contribution is 2.26. The van der Waals surface area contributed by atoms with Crippen molar-refractivity contribution in [2.24, 2.45) is 11.3 Å². The molecule has 0 amide bonds. The summed E-state index contributed by atoms with van der Waals surface area (Å²) in [6.45, 7) is 15.8. The molecule has 410 valence electrons. The molecule has 13 heteroatoms. The second-order valence-electron chi connectivity index (χ2n) is 20.1. The number of hydrogen-bond acceptors (Lipinski definition) is 13. The van der Waals surface area contributed by atoms with E-state index in [4.69, 9.17) is 28.4 Å². The molecule has 0 heterocycles. The van der Waals surface area contributed by atoms with Gasteiger partial charge in [-0.2, -0.15) is 0 Å². The molecule has 0 radical (unpaired) electrons. The lowest BCUT2D eigenvalue weighted by atomic mass is 9.91. The molecule has 0 aromatic carbocycles. The first kappa shape index (κ1) is 66.8. The summed E-state index contributed by atoms with van der Waals surface area (Å²) in [5.74, 6) is -2.69. The predicted octanol–water partition coefficient (Wildman–Crippen LogP) is 13.5. The molecule has 0 unspecified atom stereocenters. The Hall–Kier alpha value is -3.22. The number of rotatable bonds is 50. The van der Waals surface area contributed by atoms with Crippen molar-refractivity contribution >= 4 is 35.8 Å². The maximum atomic E-state index is 13.6. The molecule has 0 atom stereocenters. The molecular formula is C57H105NO12. The zero-order valence-electron chi connectivity index (χ0n) is 46.0. The number of hydrogen-bond donors (Lipinski definition) is 0. The van der Waals surface area contributed by atoms with Crippen LogP contribution in [0.25, 0.3) is 0 Å². The van der Waals surface area contributed by atoms with Crippen molar-refractivity contribution < 1.29 is 57.2 Å². The van der Waals surface area contributed by atoms with Gasteiger partial charge in [-0.3, -0.25) is 28.8 Å². The van der Waals surface area contributed by atoms with Crippen molar-refractivity contribution in [1.29, 1.82) is 0 Å². The highest BCUT2D eigenvalue weighted by Gasteiger charge is 2.38. The third kappa shape index (κ3) is 40.4. The van der Waals surface area contributed by atoms with E-state index in [2.05, 4.69) is 53.4 Å². The van der Waals surface area contributed by atoms with Gasteiger partial charge in [0.25, 0.3) is 0 Å². The maximum absolute atomic E-state index is 13.6. The average Bonchev–Trinajstić information content (AvgIpc) is 3.33. The predicted molar refractivity (Wildman–Crippen MR) is 279 cm³/mol. The van der Waals surface area contributed by atoms with Gasteiger partial charge in [-0.15, -0.1) is 0 Å². The molecule has 0 aliphatic heterocycles. The first-order chi connectivity index (χ1) is 33.8. The van der Waals surface area contributed by atoms with Gasteiger partial charge in [-0.1, -0.05) is 163 Å². The van der Waals surface area contributed by atoms with E-state index >= 15 is 0 Å². The molecule has 0 rings (SSSR count). The van der Waals surface area contributed by atoms with Crippen LogP contribution in [0.3, 0.4) is 0 Å². The summed E-state index contributed by atoms with van der Waals surface area (Å²) in [7, 11) is 0. The van der Waals surface area contributed by atoms with Gasteiger partial charge in [0.05, 0.1) is 13.2 Å². The molecular weight excluding hydrogens is 891 g/mol. The van der Waals surface area contributed by atoms with Crippen molar-refractivity contribution in [3.8, 4) is 0 Å². The number of carbonyl (C=O) groups is 6. The van der Waals surface area contributed by atoms with Crippen molar-refractivity contribution in [3.63, 3.8) is 0 Å². The zero-order chi connectivity index (χ0) is 51.9. The fourth-order valence-electron chi connectivity index (χ4n) is 8.36. The van der Waals surface area contributed by atoms with Crippen molar-refractivity contribution in [1.82, 2.24) is 4.90 Å². The minimum atomic E-state index is -1.42. The summed E-state index contributed by atoms with van der Waals surface area (Å²) in [4.78, 5) is 80.5. The monoisotopic (exact) mass is 996 g/mol. The number of unbranched alkanes of at least 4 members (excludes halogenated alkanes) is 18. The Morgan fingerprint density at radius 3 is 1.04 bits per heavy atom. The average molecular weight is 996 g/mol. The Morgan fingerprint density at radius 1 is 0.371 bits per heavy atom. The normalized spacial score (nSPS) is 11.6. The number of esters is 6. The lowest BCUT2D eigenvalue weighted by molar-refractivity contribution is -0.171. The van der Waals surface area contributed by atoms with Gasteiger partial charge in [0.15, 0.2) is 0 Å². The van der Waals surface area contributed by atoms with Crippen molar-refractivity contribution in [3.05, 3.63) is 0 Å². The third-order valence-electron chi connectivity index (χ3n) is 13.1. The molecule has 0 aliphatic rings. The first-order valence-corrected chi connectivity index (χ1v) is 28.5. The van der Waals surface area contributed by atoms with Gasteiger partial charge in [0, 0.05) is 44.6 Å². The van der Waals surface area contributed by atoms with Gasteiger partial charge in [-0.05, 0) is 77.8 Å². The van der Waals surface area contributed by atoms with Crippen LogP contribution in [0, 0.1) is 11.3 Å². The molecule has 0 aromatic heterocycles. The van der Waals surface area contributed by atoms with Crippen LogP contribution in [0.5, 0.6) is 0 Å². The third-order valence-corrected chi connectivity index (χ3v) is 13.1. The van der Waals surface area contributed by atoms with Crippen LogP contribution in [0.15, 0.2) is 0 Å². The Morgan fingerprint density at radius 2 is 0.686 bits per heavy atom. The molecule has 0 bridgehead atoms. The van der Waals surface area contributed by atoms with E-state index in [0.29, 0.717) is 32.2 Å². The molecule has 0 saturated heterocycles. The molecule has 70 heavy (non-hydrogen) atoms. The van der Waals surface area contributed by atoms with E-state index in [0.717, 1.165) is 96.4 Å². The molecule has 0 N–H and O–H groups in total. The molecule has 0 spiro atoms. The first-order valence-electron chi connectivity index (χ1n) is 28.5. The molecule has 13 nitrogen and oxygen atoms in total. The number of nitrogens with zero attached hydrogens (tertiary/aromatic N) is 1. The number of ether oxygens (including phenoxy) is 6. The summed E-state index contributed by atoms with van der Waals surface area (Å²) in [6.07, 6.45) is 27.7. The SMILES string of the molecule is CCCCCCCCCCOC(=O)CCCC(=O)OCC(COC(=O)CCCC(=O)OCCCCCCCCCC)(COC(=O)CCCN(CC)C(C)C)COC(=O)CC(CCCCC)CCCCC. The van der Waals surface area contributed by atoms with Crippen LogP contribution in [0.1, 0.15) is 260 Å². The second kappa shape index (κ2) is 46.8. The minimum absolute atomic E-state index is 0.0563. The lowest BCUT2D eigenvalue weighted by Crippen LogP contribution is -2.44. The van der Waals surface area contributed by atoms with Gasteiger partial charge in [0.2, 0.25) is 0 Å². The van der Waals surface area contributed by atoms with E-state index in [1.165, 1.54) is 64.2 Å². The standard InChI is InChI=1S/C57H105NO12/c1-8-13-17-19-21-23-25-29-42-65-51(59)36-31-38-53(61)67-45-57(47-69-55(63)40-33-41-58(12-5)49(6)7,48-70-56(64)44-50(34-27-15-10-3)35-28-16-11-4)46-68-54(62)39-32-37-52(60)66-43-30-26-24-22-20-18-14-9-2/h49-50H,8-48H2,1-7H3. The van der Waals surface area contributed by atoms with E-state index in [1.807, 2.05) is 0 Å². The maximum Gasteiger partial charge on any atom is 0.306 e. The van der Waals surface area contributed by atoms with E-state index in [9.17, 15) is 28.8 Å². The van der Waals surface area contributed by atoms with Crippen LogP contribution in [-0.2, 0) is 57.2 Å². The van der Waals surface area contributed by atoms with Crippen LogP contribution >= 0.6 is 0 Å². The molecule has 0 aromatic rings. The molecule has 0 aliphatic carbocycles. The Kier molecular flexibility index (Phi) is 44.7. The Bertz CT molecular complexity index is 1260. The fourth-order valence-corrected chi connectivity index (χ4v) is 8.36. The number of carbonyl (C=O) groups excluding carboxylic acids is 6. The summed E-state index contributed by atoms with van der Waals surface area (Å²) < 4.78 is 34.1. The zero-order valence-corrected chi connectivity index (χ0v) is 46.0. The summed E-state index contributed by atoms with van der Waals surface area (Å²) >= 11 is 0. The van der Waals surface area contributed by atoms with Crippen LogP contribution in [0.4, 0.5) is 0 Å². The van der Waals surface area contributed by atoms with Crippen LogP contribution in [0.2, 0.25) is 0 Å². The Labute approximate surface area is 427 Å². The van der Waals surface area contributed by atoms with E-state index < -0.39 is 29.3 Å². The highest BCUT2D eigenvalue weighted by molar-refractivity contribution is 5.73. The topological polar surface area (TPSA) is 161 Å². The van der Waals surface area contributed by atoms with Gasteiger partial charge >= 0.3 is 35.8 Å². The van der Waals surface area contributed by atoms with Crippen molar-refractivity contribution in [2.45, 2.75) is 266 Å². The summed E-state index contributed by atoms with van der Waals surface area (Å²) in [6, 6.07) is 0.321. The van der Waals surface area contributed by atoms with Crippen LogP contribution < -0.4 is 0 Å². The van der Waals surface area contributed by atoms with Gasteiger partial charge in [-0.25, -0.2) is 0 Å². The minimum Gasteiger partial charge on any atom is -0.466 e. The van der Waals surface area contributed by atoms with Gasteiger partial charge < -0.3 is 33.3 Å². The lowest BCUT2D eigenvalue weighted by Gasteiger charge is -2.32. The summed E-state index contributed by atoms with van der Waals surface area (Å²) in [5, 5.41) is 0. The van der Waals surface area contributed by atoms with E-state index in [-0.39, 0.29) is 95.7 Å². The largest absolute Gasteiger partial charge is 0.466 e.